The highest BCUT2D eigenvalue weighted by molar-refractivity contribution is 6.21. The van der Waals surface area contributed by atoms with E-state index in [4.69, 9.17) is 37.1 Å². The summed E-state index contributed by atoms with van der Waals surface area (Å²) < 4.78 is 45.7. The number of ether oxygens (including phenoxy) is 3. The number of nitrogens with two attached hydrogens (primary N) is 1. The van der Waals surface area contributed by atoms with Crippen molar-refractivity contribution in [3.05, 3.63) is 88.7 Å². The Morgan fingerprint density at radius 1 is 1.20 bits per heavy atom. The van der Waals surface area contributed by atoms with Crippen molar-refractivity contribution in [3.8, 4) is 11.5 Å². The van der Waals surface area contributed by atoms with Crippen LogP contribution in [0.25, 0.3) is 0 Å². The molecule has 184 valence electrons. The molecule has 0 saturated carbocycles. The first-order valence-corrected chi connectivity index (χ1v) is 10.6. The molecule has 0 spiro atoms. The number of amides is 1. The first-order valence-electron chi connectivity index (χ1n) is 10.3. The van der Waals surface area contributed by atoms with Gasteiger partial charge in [-0.3, -0.25) is 15.2 Å². The molecule has 0 fully saturated rings. The Bertz CT molecular complexity index is 1190. The normalized spacial score (nSPS) is 11.6. The van der Waals surface area contributed by atoms with Gasteiger partial charge in [-0.05, 0) is 12.1 Å². The minimum Gasteiger partial charge on any atom is -0.497 e. The number of pyridine rings is 1. The number of aromatic nitrogens is 1. The lowest BCUT2D eigenvalue weighted by Crippen LogP contribution is -2.30. The summed E-state index contributed by atoms with van der Waals surface area (Å²) in [7, 11) is 2.40. The average Bonchev–Trinajstić information content (AvgIpc) is 2.85. The molecule has 0 bridgehead atoms. The number of hydrogen-bond acceptors (Lipinski definition) is 6. The van der Waals surface area contributed by atoms with Crippen molar-refractivity contribution in [2.24, 2.45) is 5.73 Å². The Morgan fingerprint density at radius 2 is 1.91 bits per heavy atom. The van der Waals surface area contributed by atoms with Crippen molar-refractivity contribution in [1.29, 1.82) is 5.41 Å². The van der Waals surface area contributed by atoms with Gasteiger partial charge in [-0.15, -0.1) is 0 Å². The highest BCUT2D eigenvalue weighted by Gasteiger charge is 2.31. The molecule has 1 amide bonds. The van der Waals surface area contributed by atoms with E-state index in [0.717, 1.165) is 29.2 Å². The van der Waals surface area contributed by atoms with E-state index >= 15 is 0 Å². The van der Waals surface area contributed by atoms with Crippen LogP contribution in [0.4, 0.5) is 8.78 Å². The van der Waals surface area contributed by atoms with Gasteiger partial charge in [0.25, 0.3) is 5.91 Å². The number of halogens is 3. The second-order valence-electron chi connectivity index (χ2n) is 7.37. The van der Waals surface area contributed by atoms with E-state index < -0.39 is 29.2 Å². The van der Waals surface area contributed by atoms with Crippen LogP contribution in [0.15, 0.2) is 54.9 Å². The zero-order valence-corrected chi connectivity index (χ0v) is 19.7. The topological polar surface area (TPSA) is 111 Å². The molecule has 11 heteroatoms. The average molecular weight is 505 g/mol. The van der Waals surface area contributed by atoms with Crippen molar-refractivity contribution in [3.63, 3.8) is 0 Å². The maximum atomic E-state index is 14.6. The van der Waals surface area contributed by atoms with Crippen LogP contribution in [-0.2, 0) is 22.7 Å². The number of carbonyl (C=O) groups is 1. The number of methoxy groups -OCH3 is 2. The van der Waals surface area contributed by atoms with Crippen LogP contribution < -0.4 is 15.2 Å². The number of amidine groups is 1. The van der Waals surface area contributed by atoms with Gasteiger partial charge in [0.05, 0.1) is 19.2 Å². The van der Waals surface area contributed by atoms with Crippen LogP contribution in [0, 0.1) is 17.0 Å². The SMILES string of the molecule is COc1cc(F)c(C(OC)C(=O)N(Cl)Cc2ccc(C(=N)N)cc2OCc2cccnc2)c(F)c1. The van der Waals surface area contributed by atoms with Crippen LogP contribution in [0.2, 0.25) is 0 Å². The monoisotopic (exact) mass is 504 g/mol. The largest absolute Gasteiger partial charge is 0.497 e. The molecule has 35 heavy (non-hydrogen) atoms. The molecule has 0 aliphatic rings. The molecule has 1 atom stereocenters. The minimum absolute atomic E-state index is 0.0465. The highest BCUT2D eigenvalue weighted by atomic mass is 35.5. The standard InChI is InChI=1S/C24H23ClF2N4O4/c1-33-17-9-18(26)21(19(27)10-17)22(34-2)24(32)31(25)12-16-6-5-15(23(28)29)8-20(16)35-13-14-4-3-7-30-11-14/h3-11,22H,12-13H2,1-2H3,(H3,28,29). The molecule has 0 aliphatic carbocycles. The second-order valence-corrected chi connectivity index (χ2v) is 7.77. The third-order valence-electron chi connectivity index (χ3n) is 5.05. The number of rotatable bonds is 10. The van der Waals surface area contributed by atoms with Gasteiger partial charge in [-0.2, -0.15) is 0 Å². The van der Waals surface area contributed by atoms with Gasteiger partial charge in [0.15, 0.2) is 6.10 Å². The number of hydrogen-bond donors (Lipinski definition) is 2. The lowest BCUT2D eigenvalue weighted by atomic mass is 10.1. The maximum Gasteiger partial charge on any atom is 0.271 e. The van der Waals surface area contributed by atoms with Gasteiger partial charge in [-0.25, -0.2) is 13.2 Å². The molecule has 3 rings (SSSR count). The number of carbonyl (C=O) groups excluding carboxylic acids is 1. The molecular weight excluding hydrogens is 482 g/mol. The van der Waals surface area contributed by atoms with Gasteiger partial charge < -0.3 is 19.9 Å². The van der Waals surface area contributed by atoms with Gasteiger partial charge in [0, 0.05) is 60.1 Å². The number of nitrogens with one attached hydrogen (secondary N) is 1. The fraction of sp³-hybridized carbons (Fsp3) is 0.208. The summed E-state index contributed by atoms with van der Waals surface area (Å²) in [4.78, 5) is 17.0. The van der Waals surface area contributed by atoms with E-state index in [1.54, 1.807) is 36.7 Å². The Balaban J connectivity index is 1.85. The van der Waals surface area contributed by atoms with Crippen LogP contribution in [0.3, 0.4) is 0 Å². The molecule has 3 N–H and O–H groups in total. The maximum absolute atomic E-state index is 14.6. The molecule has 1 heterocycles. The molecule has 3 aromatic rings. The lowest BCUT2D eigenvalue weighted by molar-refractivity contribution is -0.138. The van der Waals surface area contributed by atoms with E-state index in [9.17, 15) is 13.6 Å². The van der Waals surface area contributed by atoms with Gasteiger partial charge in [0.1, 0.15) is 35.6 Å². The summed E-state index contributed by atoms with van der Waals surface area (Å²) in [5.41, 5.74) is 6.65. The lowest BCUT2D eigenvalue weighted by Gasteiger charge is -2.23. The van der Waals surface area contributed by atoms with E-state index in [1.165, 1.54) is 7.11 Å². The van der Waals surface area contributed by atoms with E-state index in [1.807, 2.05) is 6.07 Å². The molecule has 8 nitrogen and oxygen atoms in total. The van der Waals surface area contributed by atoms with Crippen molar-refractivity contribution in [1.82, 2.24) is 9.40 Å². The zero-order valence-electron chi connectivity index (χ0n) is 18.9. The predicted octanol–water partition coefficient (Wildman–Crippen LogP) is 4.10. The van der Waals surface area contributed by atoms with E-state index in [-0.39, 0.29) is 24.7 Å². The third kappa shape index (κ3) is 6.23. The Hall–Kier alpha value is -3.76. The second kappa shape index (κ2) is 11.6. The molecule has 0 aliphatic heterocycles. The van der Waals surface area contributed by atoms with Crippen molar-refractivity contribution in [2.75, 3.05) is 14.2 Å². The molecule has 2 aromatic carbocycles. The summed E-state index contributed by atoms with van der Waals surface area (Å²) in [6.07, 6.45) is 1.62. The van der Waals surface area contributed by atoms with Crippen LogP contribution in [-0.4, -0.2) is 35.4 Å². The highest BCUT2D eigenvalue weighted by Crippen LogP contribution is 2.31. The summed E-state index contributed by atoms with van der Waals surface area (Å²) in [5, 5.41) is 7.68. The van der Waals surface area contributed by atoms with Crippen LogP contribution in [0.1, 0.15) is 28.4 Å². The Labute approximate surface area is 205 Å². The molecule has 0 radical (unpaired) electrons. The van der Waals surface area contributed by atoms with Gasteiger partial charge in [-0.1, -0.05) is 18.2 Å². The third-order valence-corrected chi connectivity index (χ3v) is 5.34. The Morgan fingerprint density at radius 3 is 2.49 bits per heavy atom. The van der Waals surface area contributed by atoms with Crippen LogP contribution >= 0.6 is 11.8 Å². The van der Waals surface area contributed by atoms with Gasteiger partial charge in [0.2, 0.25) is 0 Å². The predicted molar refractivity (Wildman–Crippen MR) is 125 cm³/mol. The van der Waals surface area contributed by atoms with Crippen molar-refractivity contribution in [2.45, 2.75) is 19.3 Å². The number of benzene rings is 2. The smallest absolute Gasteiger partial charge is 0.271 e. The van der Waals surface area contributed by atoms with Crippen LogP contribution in [0.5, 0.6) is 11.5 Å². The first-order chi connectivity index (χ1) is 16.7. The van der Waals surface area contributed by atoms with E-state index in [2.05, 4.69) is 4.98 Å². The summed E-state index contributed by atoms with van der Waals surface area (Å²) in [6, 6.07) is 10.2. The minimum atomic E-state index is -1.64. The van der Waals surface area contributed by atoms with Gasteiger partial charge >= 0.3 is 0 Å². The number of nitrogen functional groups attached to an aromatic ring is 1. The molecule has 0 saturated heterocycles. The fourth-order valence-electron chi connectivity index (χ4n) is 3.26. The van der Waals surface area contributed by atoms with Crippen molar-refractivity contribution < 1.29 is 27.8 Å². The summed E-state index contributed by atoms with van der Waals surface area (Å²) in [5.74, 6) is -2.83. The Kier molecular flexibility index (Phi) is 8.56. The summed E-state index contributed by atoms with van der Waals surface area (Å²) in [6.45, 7) is -0.0401. The quantitative estimate of drug-likeness (QED) is 0.244. The molecule has 1 unspecified atom stereocenters. The zero-order chi connectivity index (χ0) is 25.5. The fourth-order valence-corrected chi connectivity index (χ4v) is 3.48. The summed E-state index contributed by atoms with van der Waals surface area (Å²) >= 11 is 6.25. The number of nitrogens with zero attached hydrogens (tertiary/aromatic N) is 2. The molecular formula is C24H23ClF2N4O4. The van der Waals surface area contributed by atoms with Crippen molar-refractivity contribution >= 4 is 23.5 Å². The first kappa shape index (κ1) is 25.9. The molecule has 1 aromatic heterocycles. The van der Waals surface area contributed by atoms with E-state index in [0.29, 0.717) is 16.9 Å².